The summed E-state index contributed by atoms with van der Waals surface area (Å²) in [5.41, 5.74) is 0.237. The highest BCUT2D eigenvalue weighted by Crippen LogP contribution is 2.31. The number of amides is 1. The number of hydrogen-bond acceptors (Lipinski definition) is 4. The van der Waals surface area contributed by atoms with Gasteiger partial charge in [-0.25, -0.2) is 17.1 Å². The number of benzene rings is 2. The van der Waals surface area contributed by atoms with Crippen molar-refractivity contribution < 1.29 is 17.6 Å². The quantitative estimate of drug-likeness (QED) is 0.849. The van der Waals surface area contributed by atoms with Gasteiger partial charge in [-0.3, -0.25) is 4.79 Å². The Labute approximate surface area is 126 Å². The van der Waals surface area contributed by atoms with Gasteiger partial charge in [-0.2, -0.15) is 5.26 Å². The maximum atomic E-state index is 13.8. The van der Waals surface area contributed by atoms with Gasteiger partial charge in [0.05, 0.1) is 23.7 Å². The fourth-order valence-corrected chi connectivity index (χ4v) is 3.85. The van der Waals surface area contributed by atoms with Gasteiger partial charge >= 0.3 is 0 Å². The molecule has 22 heavy (non-hydrogen) atoms. The van der Waals surface area contributed by atoms with Crippen LogP contribution in [0.25, 0.3) is 0 Å². The van der Waals surface area contributed by atoms with Crippen LogP contribution in [0.15, 0.2) is 47.4 Å². The first-order chi connectivity index (χ1) is 10.4. The second-order valence-electron chi connectivity index (χ2n) is 4.73. The normalized spacial score (nSPS) is 15.5. The van der Waals surface area contributed by atoms with Crippen molar-refractivity contribution in [2.24, 2.45) is 0 Å². The van der Waals surface area contributed by atoms with E-state index in [4.69, 9.17) is 5.26 Å². The van der Waals surface area contributed by atoms with Gasteiger partial charge in [-0.05, 0) is 30.3 Å². The highest BCUT2D eigenvalue weighted by Gasteiger charge is 2.41. The summed E-state index contributed by atoms with van der Waals surface area (Å²) in [5, 5.41) is 8.84. The SMILES string of the molecule is N#Cc1ccc(F)c(CN2C(=O)c3ccccc3S2(=O)=O)c1. The van der Waals surface area contributed by atoms with Crippen molar-refractivity contribution in [2.75, 3.05) is 0 Å². The minimum Gasteiger partial charge on any atom is -0.268 e. The number of carbonyl (C=O) groups excluding carboxylic acids is 1. The van der Waals surface area contributed by atoms with E-state index in [0.717, 1.165) is 6.07 Å². The van der Waals surface area contributed by atoms with Crippen LogP contribution in [0.1, 0.15) is 21.5 Å². The Bertz CT molecular complexity index is 932. The number of sulfonamides is 1. The molecule has 5 nitrogen and oxygen atoms in total. The van der Waals surface area contributed by atoms with Crippen LogP contribution in [-0.2, 0) is 16.6 Å². The molecule has 0 fully saturated rings. The molecule has 7 heteroatoms. The zero-order chi connectivity index (χ0) is 15.9. The smallest absolute Gasteiger partial charge is 0.268 e. The minimum absolute atomic E-state index is 0.0243. The Morgan fingerprint density at radius 1 is 1.18 bits per heavy atom. The van der Waals surface area contributed by atoms with Crippen LogP contribution in [0.5, 0.6) is 0 Å². The molecule has 2 aromatic carbocycles. The summed E-state index contributed by atoms with van der Waals surface area (Å²) in [7, 11) is -4.00. The lowest BCUT2D eigenvalue weighted by molar-refractivity contribution is 0.0864. The van der Waals surface area contributed by atoms with E-state index in [0.29, 0.717) is 4.31 Å². The van der Waals surface area contributed by atoms with Gasteiger partial charge < -0.3 is 0 Å². The second kappa shape index (κ2) is 4.93. The minimum atomic E-state index is -4.00. The lowest BCUT2D eigenvalue weighted by atomic mass is 10.1. The van der Waals surface area contributed by atoms with Gasteiger partial charge in [0.1, 0.15) is 10.7 Å². The van der Waals surface area contributed by atoms with Gasteiger partial charge in [0.2, 0.25) is 0 Å². The average Bonchev–Trinajstić information content (AvgIpc) is 2.71. The molecule has 0 saturated carbocycles. The summed E-state index contributed by atoms with van der Waals surface area (Å²) in [6, 6.07) is 11.3. The van der Waals surface area contributed by atoms with Crippen molar-refractivity contribution in [1.29, 1.82) is 5.26 Å². The molecule has 0 spiro atoms. The highest BCUT2D eigenvalue weighted by molar-refractivity contribution is 7.90. The molecule has 1 amide bonds. The fraction of sp³-hybridized carbons (Fsp3) is 0.0667. The molecular weight excluding hydrogens is 307 g/mol. The van der Waals surface area contributed by atoms with Crippen LogP contribution in [0.2, 0.25) is 0 Å². The van der Waals surface area contributed by atoms with E-state index < -0.39 is 28.3 Å². The lowest BCUT2D eigenvalue weighted by Crippen LogP contribution is -2.29. The number of carbonyl (C=O) groups is 1. The van der Waals surface area contributed by atoms with E-state index in [1.807, 2.05) is 6.07 Å². The van der Waals surface area contributed by atoms with Crippen molar-refractivity contribution in [3.63, 3.8) is 0 Å². The molecule has 0 atom stereocenters. The van der Waals surface area contributed by atoms with Gasteiger partial charge in [0.15, 0.2) is 0 Å². The van der Waals surface area contributed by atoms with E-state index in [9.17, 15) is 17.6 Å². The number of rotatable bonds is 2. The Morgan fingerprint density at radius 3 is 2.59 bits per heavy atom. The number of fused-ring (bicyclic) bond motifs is 1. The number of halogens is 1. The molecule has 0 bridgehead atoms. The molecule has 0 unspecified atom stereocenters. The Kier molecular flexibility index (Phi) is 3.19. The third-order valence-electron chi connectivity index (χ3n) is 3.40. The molecule has 110 valence electrons. The Hall–Kier alpha value is -2.72. The topological polar surface area (TPSA) is 78.2 Å². The van der Waals surface area contributed by atoms with Crippen LogP contribution < -0.4 is 0 Å². The standard InChI is InChI=1S/C15H9FN2O3S/c16-13-6-5-10(8-17)7-11(13)9-18-15(19)12-3-1-2-4-14(12)22(18,20)21/h1-7H,9H2. The van der Waals surface area contributed by atoms with Crippen LogP contribution in [0.4, 0.5) is 4.39 Å². The van der Waals surface area contributed by atoms with E-state index in [-0.39, 0.29) is 21.6 Å². The van der Waals surface area contributed by atoms with E-state index in [1.54, 1.807) is 6.07 Å². The highest BCUT2D eigenvalue weighted by atomic mass is 32.2. The van der Waals surface area contributed by atoms with Crippen LogP contribution in [-0.4, -0.2) is 18.6 Å². The van der Waals surface area contributed by atoms with Crippen molar-refractivity contribution >= 4 is 15.9 Å². The Balaban J connectivity index is 2.05. The third-order valence-corrected chi connectivity index (χ3v) is 5.19. The molecule has 1 aliphatic heterocycles. The van der Waals surface area contributed by atoms with Crippen LogP contribution >= 0.6 is 0 Å². The zero-order valence-electron chi connectivity index (χ0n) is 11.2. The predicted octanol–water partition coefficient (Wildman–Crippen LogP) is 2.04. The fourth-order valence-electron chi connectivity index (χ4n) is 2.31. The summed E-state index contributed by atoms with van der Waals surface area (Å²) in [4.78, 5) is 12.2. The lowest BCUT2D eigenvalue weighted by Gasteiger charge is -2.15. The van der Waals surface area contributed by atoms with Gasteiger partial charge in [-0.15, -0.1) is 0 Å². The molecule has 2 aromatic rings. The van der Waals surface area contributed by atoms with Crippen molar-refractivity contribution in [3.05, 3.63) is 65.0 Å². The average molecular weight is 316 g/mol. The van der Waals surface area contributed by atoms with Crippen LogP contribution in [0, 0.1) is 17.1 Å². The van der Waals surface area contributed by atoms with Gasteiger partial charge in [0, 0.05) is 5.56 Å². The van der Waals surface area contributed by atoms with Gasteiger partial charge in [-0.1, -0.05) is 12.1 Å². The van der Waals surface area contributed by atoms with E-state index in [2.05, 4.69) is 0 Å². The maximum absolute atomic E-state index is 13.8. The van der Waals surface area contributed by atoms with Crippen molar-refractivity contribution in [3.8, 4) is 6.07 Å². The van der Waals surface area contributed by atoms with Gasteiger partial charge in [0.25, 0.3) is 15.9 Å². The molecule has 0 aliphatic carbocycles. The molecule has 1 heterocycles. The molecule has 0 N–H and O–H groups in total. The van der Waals surface area contributed by atoms with Crippen LogP contribution in [0.3, 0.4) is 0 Å². The molecule has 0 saturated heterocycles. The maximum Gasteiger partial charge on any atom is 0.269 e. The van der Waals surface area contributed by atoms with Crippen molar-refractivity contribution in [2.45, 2.75) is 11.4 Å². The van der Waals surface area contributed by atoms with E-state index >= 15 is 0 Å². The number of nitriles is 1. The first kappa shape index (κ1) is 14.2. The molecule has 0 radical (unpaired) electrons. The monoisotopic (exact) mass is 316 g/mol. The zero-order valence-corrected chi connectivity index (χ0v) is 12.0. The summed E-state index contributed by atoms with van der Waals surface area (Å²) in [6.45, 7) is -0.447. The summed E-state index contributed by atoms with van der Waals surface area (Å²) >= 11 is 0. The number of nitrogens with zero attached hydrogens (tertiary/aromatic N) is 2. The third kappa shape index (κ3) is 2.05. The molecule has 0 aromatic heterocycles. The first-order valence-electron chi connectivity index (χ1n) is 6.30. The Morgan fingerprint density at radius 2 is 1.91 bits per heavy atom. The van der Waals surface area contributed by atoms with Crippen molar-refractivity contribution in [1.82, 2.24) is 4.31 Å². The molecular formula is C15H9FN2O3S. The first-order valence-corrected chi connectivity index (χ1v) is 7.74. The molecule has 1 aliphatic rings. The summed E-state index contributed by atoms with van der Waals surface area (Å²) < 4.78 is 39.2. The second-order valence-corrected chi connectivity index (χ2v) is 6.56. The predicted molar refractivity (Wildman–Crippen MR) is 74.6 cm³/mol. The summed E-state index contributed by atoms with van der Waals surface area (Å²) in [5.74, 6) is -1.37. The molecule has 3 rings (SSSR count). The largest absolute Gasteiger partial charge is 0.269 e. The number of hydrogen-bond donors (Lipinski definition) is 0. The summed E-state index contributed by atoms with van der Waals surface area (Å²) in [6.07, 6.45) is 0. The van der Waals surface area contributed by atoms with E-state index in [1.165, 1.54) is 30.3 Å².